The summed E-state index contributed by atoms with van der Waals surface area (Å²) >= 11 is 0. The highest BCUT2D eigenvalue weighted by Gasteiger charge is 2.54. The molecule has 0 aliphatic carbocycles. The zero-order valence-corrected chi connectivity index (χ0v) is 13.7. The number of nitrogens with one attached hydrogen (secondary N) is 1. The van der Waals surface area contributed by atoms with Gasteiger partial charge in [-0.15, -0.1) is 0 Å². The first-order valence-corrected chi connectivity index (χ1v) is 9.26. The Morgan fingerprint density at radius 1 is 0.917 bits per heavy atom. The highest BCUT2D eigenvalue weighted by atomic mass is 16.3. The smallest absolute Gasteiger partial charge is 0.139 e. The molecule has 3 aliphatic rings. The Kier molecular flexibility index (Phi) is 2.71. The second kappa shape index (κ2) is 4.84. The number of benzene rings is 2. The van der Waals surface area contributed by atoms with Crippen molar-refractivity contribution in [2.45, 2.75) is 31.5 Å². The molecular formula is C21H22N2O. The average Bonchev–Trinajstić information content (AvgIpc) is 3.35. The molecule has 3 aliphatic heterocycles. The van der Waals surface area contributed by atoms with Crippen molar-refractivity contribution in [2.24, 2.45) is 11.8 Å². The Bertz CT molecular complexity index is 912. The third kappa shape index (κ3) is 1.69. The average molecular weight is 318 g/mol. The maximum atomic E-state index is 6.24. The Hall–Kier alpha value is -1.84. The largest absolute Gasteiger partial charge is 0.456 e. The van der Waals surface area contributed by atoms with Crippen molar-refractivity contribution in [1.82, 2.24) is 10.2 Å². The monoisotopic (exact) mass is 318 g/mol. The Morgan fingerprint density at radius 3 is 2.50 bits per heavy atom. The molecule has 122 valence electrons. The summed E-state index contributed by atoms with van der Waals surface area (Å²) < 4.78 is 6.24. The predicted octanol–water partition coefficient (Wildman–Crippen LogP) is 3.77. The molecule has 2 aromatic carbocycles. The number of hydrogen-bond acceptors (Lipinski definition) is 3. The SMILES string of the molecule is c1ccc2c(c1)oc1c(CN3[C@@H]4CC[C@H]3[C@H]3CNC[C@H]34)cccc12. The molecule has 1 aromatic heterocycles. The summed E-state index contributed by atoms with van der Waals surface area (Å²) in [5.74, 6) is 1.75. The molecule has 6 rings (SSSR count). The van der Waals surface area contributed by atoms with Gasteiger partial charge in [0, 0.05) is 35.0 Å². The van der Waals surface area contributed by atoms with Crippen molar-refractivity contribution in [2.75, 3.05) is 13.1 Å². The summed E-state index contributed by atoms with van der Waals surface area (Å²) in [7, 11) is 0. The van der Waals surface area contributed by atoms with Gasteiger partial charge in [0.15, 0.2) is 0 Å². The molecule has 0 spiro atoms. The Balaban J connectivity index is 1.42. The molecule has 0 amide bonds. The highest BCUT2D eigenvalue weighted by Crippen LogP contribution is 2.48. The van der Waals surface area contributed by atoms with Crippen LogP contribution in [-0.2, 0) is 6.54 Å². The molecule has 0 saturated carbocycles. The number of fused-ring (bicyclic) bond motifs is 8. The third-order valence-corrected chi connectivity index (χ3v) is 6.75. The van der Waals surface area contributed by atoms with Crippen LogP contribution in [0.3, 0.4) is 0 Å². The predicted molar refractivity (Wildman–Crippen MR) is 95.9 cm³/mol. The lowest BCUT2D eigenvalue weighted by Crippen LogP contribution is -2.33. The van der Waals surface area contributed by atoms with E-state index in [1.165, 1.54) is 42.3 Å². The van der Waals surface area contributed by atoms with Gasteiger partial charge in [-0.25, -0.2) is 0 Å². The zero-order chi connectivity index (χ0) is 15.7. The van der Waals surface area contributed by atoms with Crippen LogP contribution in [0.5, 0.6) is 0 Å². The van der Waals surface area contributed by atoms with Crippen LogP contribution in [0.25, 0.3) is 21.9 Å². The van der Waals surface area contributed by atoms with E-state index >= 15 is 0 Å². The summed E-state index contributed by atoms with van der Waals surface area (Å²) in [5.41, 5.74) is 3.45. The van der Waals surface area contributed by atoms with E-state index in [4.69, 9.17) is 4.42 Å². The molecule has 1 N–H and O–H groups in total. The first-order valence-electron chi connectivity index (χ1n) is 9.26. The lowest BCUT2D eigenvalue weighted by molar-refractivity contribution is 0.218. The van der Waals surface area contributed by atoms with E-state index in [9.17, 15) is 0 Å². The van der Waals surface area contributed by atoms with Gasteiger partial charge in [-0.05, 0) is 43.8 Å². The van der Waals surface area contributed by atoms with Gasteiger partial charge < -0.3 is 9.73 Å². The van der Waals surface area contributed by atoms with E-state index in [2.05, 4.69) is 52.7 Å². The number of nitrogens with zero attached hydrogens (tertiary/aromatic N) is 1. The molecule has 0 radical (unpaired) electrons. The minimum absolute atomic E-state index is 0.773. The second-order valence-corrected chi connectivity index (χ2v) is 7.76. The maximum absolute atomic E-state index is 6.24. The summed E-state index contributed by atoms with van der Waals surface area (Å²) in [5, 5.41) is 6.11. The molecular weight excluding hydrogens is 296 g/mol. The Labute approximate surface area is 141 Å². The Morgan fingerprint density at radius 2 is 1.67 bits per heavy atom. The van der Waals surface area contributed by atoms with Gasteiger partial charge in [0.25, 0.3) is 0 Å². The summed E-state index contributed by atoms with van der Waals surface area (Å²) in [6, 6.07) is 16.6. The fourth-order valence-electron chi connectivity index (χ4n) is 5.76. The van der Waals surface area contributed by atoms with Crippen molar-refractivity contribution in [1.29, 1.82) is 0 Å². The quantitative estimate of drug-likeness (QED) is 0.780. The van der Waals surface area contributed by atoms with E-state index in [0.29, 0.717) is 0 Å². The molecule has 3 nitrogen and oxygen atoms in total. The van der Waals surface area contributed by atoms with Crippen LogP contribution >= 0.6 is 0 Å². The van der Waals surface area contributed by atoms with Crippen molar-refractivity contribution >= 4 is 21.9 Å². The first kappa shape index (κ1) is 13.5. The fraction of sp³-hybridized carbons (Fsp3) is 0.429. The van der Waals surface area contributed by atoms with Gasteiger partial charge in [0.2, 0.25) is 0 Å². The normalized spacial score (nSPS) is 32.2. The van der Waals surface area contributed by atoms with Crippen LogP contribution in [0.1, 0.15) is 18.4 Å². The second-order valence-electron chi connectivity index (χ2n) is 7.76. The molecule has 3 fully saturated rings. The molecule has 4 heterocycles. The molecule has 2 bridgehead atoms. The minimum Gasteiger partial charge on any atom is -0.456 e. The molecule has 24 heavy (non-hydrogen) atoms. The number of hydrogen-bond donors (Lipinski definition) is 1. The lowest BCUT2D eigenvalue weighted by atomic mass is 9.82. The van der Waals surface area contributed by atoms with Crippen LogP contribution < -0.4 is 5.32 Å². The molecule has 3 aromatic rings. The van der Waals surface area contributed by atoms with Gasteiger partial charge in [0.1, 0.15) is 11.2 Å². The van der Waals surface area contributed by atoms with Crippen LogP contribution in [0.4, 0.5) is 0 Å². The minimum atomic E-state index is 0.773. The zero-order valence-electron chi connectivity index (χ0n) is 13.7. The molecule has 4 atom stereocenters. The number of furan rings is 1. The molecule has 3 saturated heterocycles. The van der Waals surface area contributed by atoms with E-state index in [1.807, 2.05) is 0 Å². The van der Waals surface area contributed by atoms with Gasteiger partial charge in [0.05, 0.1) is 0 Å². The van der Waals surface area contributed by atoms with Gasteiger partial charge in [-0.2, -0.15) is 0 Å². The van der Waals surface area contributed by atoms with Crippen LogP contribution in [-0.4, -0.2) is 30.1 Å². The van der Waals surface area contributed by atoms with Gasteiger partial charge >= 0.3 is 0 Å². The standard InChI is InChI=1S/C21H22N2O/c1-2-7-20-14(5-1)15-6-3-4-13(21(15)24-20)12-23-18-8-9-19(23)17-11-22-10-16(17)18/h1-7,16-19,22H,8-12H2/t16-,17+,18-,19+. The number of rotatable bonds is 2. The van der Waals surface area contributed by atoms with Gasteiger partial charge in [-0.1, -0.05) is 36.4 Å². The van der Waals surface area contributed by atoms with E-state index in [0.717, 1.165) is 41.6 Å². The van der Waals surface area contributed by atoms with Crippen LogP contribution in [0, 0.1) is 11.8 Å². The third-order valence-electron chi connectivity index (χ3n) is 6.75. The topological polar surface area (TPSA) is 28.4 Å². The van der Waals surface area contributed by atoms with E-state index in [1.54, 1.807) is 0 Å². The van der Waals surface area contributed by atoms with Crippen LogP contribution in [0.2, 0.25) is 0 Å². The van der Waals surface area contributed by atoms with Crippen LogP contribution in [0.15, 0.2) is 46.9 Å². The summed E-state index contributed by atoms with van der Waals surface area (Å²) in [4.78, 5) is 2.79. The maximum Gasteiger partial charge on any atom is 0.139 e. The molecule has 0 unspecified atom stereocenters. The first-order chi connectivity index (χ1) is 11.9. The van der Waals surface area contributed by atoms with Gasteiger partial charge in [-0.3, -0.25) is 4.90 Å². The highest BCUT2D eigenvalue weighted by molar-refractivity contribution is 6.05. The van der Waals surface area contributed by atoms with E-state index < -0.39 is 0 Å². The number of para-hydroxylation sites is 2. The van der Waals surface area contributed by atoms with E-state index in [-0.39, 0.29) is 0 Å². The summed E-state index contributed by atoms with van der Waals surface area (Å²) in [6.07, 6.45) is 2.76. The van der Waals surface area contributed by atoms with Crippen molar-refractivity contribution in [3.63, 3.8) is 0 Å². The van der Waals surface area contributed by atoms with Crippen molar-refractivity contribution in [3.05, 3.63) is 48.0 Å². The lowest BCUT2D eigenvalue weighted by Gasteiger charge is -2.24. The van der Waals surface area contributed by atoms with Crippen molar-refractivity contribution < 1.29 is 4.42 Å². The fourth-order valence-corrected chi connectivity index (χ4v) is 5.76. The summed E-state index contributed by atoms with van der Waals surface area (Å²) in [6.45, 7) is 3.48. The van der Waals surface area contributed by atoms with Crippen molar-refractivity contribution in [3.8, 4) is 0 Å². The molecule has 3 heteroatoms.